The average molecular weight is 439 g/mol. The van der Waals surface area contributed by atoms with Gasteiger partial charge >= 0.3 is 0 Å². The van der Waals surface area contributed by atoms with Gasteiger partial charge in [0.25, 0.3) is 5.91 Å². The van der Waals surface area contributed by atoms with E-state index in [1.165, 1.54) is 0 Å². The molecule has 0 bridgehead atoms. The Morgan fingerprint density at radius 2 is 1.77 bits per heavy atom. The molecular formula is C24H27ClN4O2. The number of fused-ring (bicyclic) bond motifs is 1. The Morgan fingerprint density at radius 1 is 1.06 bits per heavy atom. The lowest BCUT2D eigenvalue weighted by molar-refractivity contribution is -0.121. The summed E-state index contributed by atoms with van der Waals surface area (Å²) in [6, 6.07) is 13.3. The first-order valence-electron chi connectivity index (χ1n) is 10.5. The third-order valence-corrected chi connectivity index (χ3v) is 6.27. The molecule has 1 fully saturated rings. The van der Waals surface area contributed by atoms with Crippen LogP contribution < -0.4 is 5.32 Å². The topological polar surface area (TPSA) is 68.4 Å². The largest absolute Gasteiger partial charge is 0.351 e. The number of amides is 2. The summed E-state index contributed by atoms with van der Waals surface area (Å²) in [7, 11) is 0. The zero-order valence-corrected chi connectivity index (χ0v) is 18.8. The van der Waals surface area contributed by atoms with Gasteiger partial charge in [-0.3, -0.25) is 14.5 Å². The molecule has 1 aliphatic rings. The molecular weight excluding hydrogens is 412 g/mol. The van der Waals surface area contributed by atoms with Crippen LogP contribution in [0.25, 0.3) is 10.9 Å². The summed E-state index contributed by atoms with van der Waals surface area (Å²) in [5.74, 6) is -0.0979. The molecule has 162 valence electrons. The predicted octanol–water partition coefficient (Wildman–Crippen LogP) is 4.22. The second-order valence-electron chi connectivity index (χ2n) is 8.20. The Hall–Kier alpha value is -2.83. The van der Waals surface area contributed by atoms with Gasteiger partial charge < -0.3 is 15.2 Å². The van der Waals surface area contributed by atoms with Crippen molar-refractivity contribution in [3.63, 3.8) is 0 Å². The number of aromatic nitrogens is 1. The number of hydrogen-bond donors (Lipinski definition) is 2. The summed E-state index contributed by atoms with van der Waals surface area (Å²) in [4.78, 5) is 32.9. The van der Waals surface area contributed by atoms with Crippen molar-refractivity contribution in [1.29, 1.82) is 0 Å². The van der Waals surface area contributed by atoms with Crippen LogP contribution in [0, 0.1) is 13.8 Å². The number of nitrogens with zero attached hydrogens (tertiary/aromatic N) is 2. The van der Waals surface area contributed by atoms with Crippen LogP contribution in [0.4, 0.5) is 5.69 Å². The van der Waals surface area contributed by atoms with Gasteiger partial charge in [-0.25, -0.2) is 0 Å². The van der Waals surface area contributed by atoms with E-state index in [9.17, 15) is 9.59 Å². The van der Waals surface area contributed by atoms with Gasteiger partial charge in [0.2, 0.25) is 5.91 Å². The minimum atomic E-state index is -0.318. The standard InChI is InChI=1S/C24H27ClN4O2/c1-15-12-16(2)22(19(25)13-15)27-23(30)17(3)28-8-10-29(11-9-28)24(31)21-14-18-6-4-5-7-20(18)26-21/h4-7,12-14,17,26H,8-11H2,1-3H3,(H,27,30). The van der Waals surface area contributed by atoms with Crippen molar-refractivity contribution in [2.45, 2.75) is 26.8 Å². The summed E-state index contributed by atoms with van der Waals surface area (Å²) in [6.45, 7) is 8.24. The first-order chi connectivity index (χ1) is 14.8. The van der Waals surface area contributed by atoms with Gasteiger partial charge in [0.1, 0.15) is 5.69 Å². The molecule has 2 aromatic carbocycles. The maximum atomic E-state index is 12.9. The Labute approximate surface area is 187 Å². The molecule has 0 saturated carbocycles. The first-order valence-corrected chi connectivity index (χ1v) is 10.9. The van der Waals surface area contributed by atoms with Crippen molar-refractivity contribution >= 4 is 40.0 Å². The lowest BCUT2D eigenvalue weighted by Crippen LogP contribution is -2.54. The number of rotatable bonds is 4. The summed E-state index contributed by atoms with van der Waals surface area (Å²) in [5.41, 5.74) is 4.23. The molecule has 2 heterocycles. The van der Waals surface area contributed by atoms with E-state index in [1.807, 2.05) is 68.1 Å². The van der Waals surface area contributed by atoms with Crippen LogP contribution in [0.2, 0.25) is 5.02 Å². The molecule has 7 heteroatoms. The van der Waals surface area contributed by atoms with Crippen molar-refractivity contribution in [2.24, 2.45) is 0 Å². The normalized spacial score (nSPS) is 15.8. The molecule has 1 aromatic heterocycles. The van der Waals surface area contributed by atoms with Gasteiger partial charge in [0.15, 0.2) is 0 Å². The molecule has 1 unspecified atom stereocenters. The fourth-order valence-corrected chi connectivity index (χ4v) is 4.51. The summed E-state index contributed by atoms with van der Waals surface area (Å²) in [5, 5.41) is 4.56. The molecule has 3 aromatic rings. The van der Waals surface area contributed by atoms with E-state index in [2.05, 4.69) is 15.2 Å². The molecule has 0 radical (unpaired) electrons. The van der Waals surface area contributed by atoms with Crippen molar-refractivity contribution in [3.8, 4) is 0 Å². The van der Waals surface area contributed by atoms with Crippen LogP contribution in [0.15, 0.2) is 42.5 Å². The second kappa shape index (κ2) is 8.73. The van der Waals surface area contributed by atoms with E-state index in [-0.39, 0.29) is 17.9 Å². The van der Waals surface area contributed by atoms with E-state index in [1.54, 1.807) is 0 Å². The number of H-pyrrole nitrogens is 1. The SMILES string of the molecule is Cc1cc(C)c(NC(=O)C(C)N2CCN(C(=O)c3cc4ccccc4[nH]3)CC2)c(Cl)c1. The number of nitrogens with one attached hydrogen (secondary N) is 2. The van der Waals surface area contributed by atoms with Crippen LogP contribution >= 0.6 is 11.6 Å². The number of benzene rings is 2. The van der Waals surface area contributed by atoms with Crippen LogP contribution in [-0.4, -0.2) is 58.8 Å². The van der Waals surface area contributed by atoms with Gasteiger partial charge in [-0.15, -0.1) is 0 Å². The fourth-order valence-electron chi connectivity index (χ4n) is 4.14. The fraction of sp³-hybridized carbons (Fsp3) is 0.333. The zero-order chi connectivity index (χ0) is 22.1. The number of piperazine rings is 1. The van der Waals surface area contributed by atoms with Crippen LogP contribution in [-0.2, 0) is 4.79 Å². The molecule has 0 aliphatic carbocycles. The predicted molar refractivity (Wildman–Crippen MR) is 125 cm³/mol. The third-order valence-electron chi connectivity index (χ3n) is 5.97. The van der Waals surface area contributed by atoms with E-state index in [4.69, 9.17) is 11.6 Å². The van der Waals surface area contributed by atoms with Crippen molar-refractivity contribution in [3.05, 3.63) is 64.3 Å². The van der Waals surface area contributed by atoms with Gasteiger partial charge in [0.05, 0.1) is 16.8 Å². The quantitative estimate of drug-likeness (QED) is 0.640. The second-order valence-corrected chi connectivity index (χ2v) is 8.61. The molecule has 2 N–H and O–H groups in total. The molecule has 4 rings (SSSR count). The number of para-hydroxylation sites is 1. The Morgan fingerprint density at radius 3 is 2.45 bits per heavy atom. The Balaban J connectivity index is 1.36. The number of anilines is 1. The number of carbonyl (C=O) groups is 2. The van der Waals surface area contributed by atoms with Gasteiger partial charge in [-0.05, 0) is 50.1 Å². The van der Waals surface area contributed by atoms with Gasteiger partial charge in [0, 0.05) is 37.1 Å². The first kappa shape index (κ1) is 21.4. The molecule has 6 nitrogen and oxygen atoms in total. The van der Waals surface area contributed by atoms with Gasteiger partial charge in [-0.2, -0.15) is 0 Å². The molecule has 1 aliphatic heterocycles. The van der Waals surface area contributed by atoms with E-state index in [0.29, 0.717) is 42.6 Å². The summed E-state index contributed by atoms with van der Waals surface area (Å²) < 4.78 is 0. The van der Waals surface area contributed by atoms with Crippen molar-refractivity contribution < 1.29 is 9.59 Å². The van der Waals surface area contributed by atoms with E-state index < -0.39 is 0 Å². The van der Waals surface area contributed by atoms with Gasteiger partial charge in [-0.1, -0.05) is 35.9 Å². The van der Waals surface area contributed by atoms with Crippen molar-refractivity contribution in [1.82, 2.24) is 14.8 Å². The number of carbonyl (C=O) groups excluding carboxylic acids is 2. The molecule has 31 heavy (non-hydrogen) atoms. The molecule has 0 spiro atoms. The lowest BCUT2D eigenvalue weighted by Gasteiger charge is -2.37. The average Bonchev–Trinajstić information content (AvgIpc) is 3.19. The highest BCUT2D eigenvalue weighted by Crippen LogP contribution is 2.27. The summed E-state index contributed by atoms with van der Waals surface area (Å²) in [6.07, 6.45) is 0. The maximum Gasteiger partial charge on any atom is 0.270 e. The third kappa shape index (κ3) is 4.45. The van der Waals surface area contributed by atoms with Crippen LogP contribution in [0.3, 0.4) is 0 Å². The number of hydrogen-bond acceptors (Lipinski definition) is 3. The van der Waals surface area contributed by atoms with Crippen LogP contribution in [0.5, 0.6) is 0 Å². The minimum Gasteiger partial charge on any atom is -0.351 e. The maximum absolute atomic E-state index is 12.9. The zero-order valence-electron chi connectivity index (χ0n) is 18.0. The number of aromatic amines is 1. The lowest BCUT2D eigenvalue weighted by atomic mass is 10.1. The Bertz CT molecular complexity index is 1080. The molecule has 1 saturated heterocycles. The smallest absolute Gasteiger partial charge is 0.270 e. The highest BCUT2D eigenvalue weighted by molar-refractivity contribution is 6.34. The number of aryl methyl sites for hydroxylation is 2. The van der Waals surface area contributed by atoms with E-state index >= 15 is 0 Å². The molecule has 1 atom stereocenters. The van der Waals surface area contributed by atoms with Crippen molar-refractivity contribution in [2.75, 3.05) is 31.5 Å². The monoisotopic (exact) mass is 438 g/mol. The minimum absolute atomic E-state index is 0.00461. The summed E-state index contributed by atoms with van der Waals surface area (Å²) >= 11 is 6.34. The van der Waals surface area contributed by atoms with E-state index in [0.717, 1.165) is 22.0 Å². The number of halogens is 1. The van der Waals surface area contributed by atoms with Crippen LogP contribution in [0.1, 0.15) is 28.5 Å². The highest BCUT2D eigenvalue weighted by Gasteiger charge is 2.29. The molecule has 2 amide bonds. The Kier molecular flexibility index (Phi) is 6.03. The highest BCUT2D eigenvalue weighted by atomic mass is 35.5.